The molecule has 1 fully saturated rings. The van der Waals surface area contributed by atoms with E-state index in [1.165, 1.54) is 12.8 Å². The van der Waals surface area contributed by atoms with Crippen molar-refractivity contribution in [2.45, 2.75) is 19.4 Å². The molecule has 0 radical (unpaired) electrons. The van der Waals surface area contributed by atoms with Gasteiger partial charge in [-0.1, -0.05) is 12.1 Å². The highest BCUT2D eigenvalue weighted by Gasteiger charge is 2.20. The summed E-state index contributed by atoms with van der Waals surface area (Å²) in [5.41, 5.74) is 1.78. The van der Waals surface area contributed by atoms with Crippen LogP contribution in [-0.4, -0.2) is 19.6 Å². The predicted molar refractivity (Wildman–Crippen MR) is 87.5 cm³/mol. The molecule has 1 saturated carbocycles. The van der Waals surface area contributed by atoms with Gasteiger partial charge < -0.3 is 10.6 Å². The highest BCUT2D eigenvalue weighted by molar-refractivity contribution is 14.0. The van der Waals surface area contributed by atoms with Crippen molar-refractivity contribution in [3.05, 3.63) is 35.4 Å². The van der Waals surface area contributed by atoms with E-state index in [-0.39, 0.29) is 24.0 Å². The van der Waals surface area contributed by atoms with E-state index in [0.29, 0.717) is 12.1 Å². The van der Waals surface area contributed by atoms with Crippen LogP contribution in [-0.2, 0) is 6.54 Å². The summed E-state index contributed by atoms with van der Waals surface area (Å²) in [5.74, 6) is 1.65. The van der Waals surface area contributed by atoms with E-state index < -0.39 is 0 Å². The van der Waals surface area contributed by atoms with Gasteiger partial charge in [0.2, 0.25) is 0 Å². The first kappa shape index (κ1) is 15.8. The molecule has 5 heteroatoms. The minimum absolute atomic E-state index is 0. The maximum Gasteiger partial charge on any atom is 0.191 e. The van der Waals surface area contributed by atoms with Crippen LogP contribution in [0.4, 0.5) is 0 Å². The molecule has 102 valence electrons. The number of hydrogen-bond donors (Lipinski definition) is 2. The van der Waals surface area contributed by atoms with Crippen molar-refractivity contribution in [1.29, 1.82) is 5.26 Å². The molecule has 0 unspecified atom stereocenters. The number of rotatable bonds is 4. The van der Waals surface area contributed by atoms with Gasteiger partial charge in [0.1, 0.15) is 0 Å². The van der Waals surface area contributed by atoms with Crippen molar-refractivity contribution in [2.75, 3.05) is 13.6 Å². The monoisotopic (exact) mass is 370 g/mol. The van der Waals surface area contributed by atoms with E-state index in [2.05, 4.69) is 21.7 Å². The van der Waals surface area contributed by atoms with E-state index in [1.54, 1.807) is 7.05 Å². The molecule has 2 N–H and O–H groups in total. The van der Waals surface area contributed by atoms with Crippen molar-refractivity contribution >= 4 is 29.9 Å². The fourth-order valence-electron chi connectivity index (χ4n) is 1.72. The van der Waals surface area contributed by atoms with Gasteiger partial charge in [-0.2, -0.15) is 5.26 Å². The van der Waals surface area contributed by atoms with Gasteiger partial charge in [0.15, 0.2) is 5.96 Å². The molecule has 1 aliphatic rings. The third-order valence-electron chi connectivity index (χ3n) is 2.99. The lowest BCUT2D eigenvalue weighted by molar-refractivity contribution is 0.737. The second kappa shape index (κ2) is 8.00. The number of nitrogens with zero attached hydrogens (tertiary/aromatic N) is 2. The molecule has 19 heavy (non-hydrogen) atoms. The van der Waals surface area contributed by atoms with Gasteiger partial charge >= 0.3 is 0 Å². The van der Waals surface area contributed by atoms with E-state index in [1.807, 2.05) is 24.3 Å². The van der Waals surface area contributed by atoms with Crippen molar-refractivity contribution in [3.63, 3.8) is 0 Å². The average Bonchev–Trinajstić information content (AvgIpc) is 3.23. The molecule has 0 saturated heterocycles. The SMILES string of the molecule is CN=C(NCc1cccc(C#N)c1)NCC1CC1.I. The molecule has 1 aliphatic carbocycles. The third-order valence-corrected chi connectivity index (χ3v) is 2.99. The Morgan fingerprint density at radius 1 is 1.42 bits per heavy atom. The van der Waals surface area contributed by atoms with E-state index in [4.69, 9.17) is 5.26 Å². The van der Waals surface area contributed by atoms with Gasteiger partial charge in [-0.25, -0.2) is 0 Å². The van der Waals surface area contributed by atoms with E-state index in [9.17, 15) is 0 Å². The summed E-state index contributed by atoms with van der Waals surface area (Å²) in [5, 5.41) is 15.4. The second-order valence-corrected chi connectivity index (χ2v) is 4.56. The molecule has 0 bridgehead atoms. The summed E-state index contributed by atoms with van der Waals surface area (Å²) >= 11 is 0. The highest BCUT2D eigenvalue weighted by Crippen LogP contribution is 2.27. The first-order chi connectivity index (χ1) is 8.81. The summed E-state index contributed by atoms with van der Waals surface area (Å²) in [7, 11) is 1.77. The van der Waals surface area contributed by atoms with Crippen molar-refractivity contribution in [3.8, 4) is 6.07 Å². The number of guanidine groups is 1. The molecule has 2 rings (SSSR count). The fraction of sp³-hybridized carbons (Fsp3) is 0.429. The van der Waals surface area contributed by atoms with Crippen LogP contribution in [0.15, 0.2) is 29.3 Å². The predicted octanol–water partition coefficient (Wildman–Crippen LogP) is 2.25. The Labute approximate surface area is 131 Å². The lowest BCUT2D eigenvalue weighted by atomic mass is 10.1. The molecular formula is C14H19IN4. The largest absolute Gasteiger partial charge is 0.356 e. The Morgan fingerprint density at radius 3 is 2.84 bits per heavy atom. The minimum Gasteiger partial charge on any atom is -0.356 e. The van der Waals surface area contributed by atoms with E-state index in [0.717, 1.165) is 24.0 Å². The summed E-state index contributed by atoms with van der Waals surface area (Å²) in [4.78, 5) is 4.17. The molecule has 1 aromatic rings. The van der Waals surface area contributed by atoms with Gasteiger partial charge in [-0.05, 0) is 36.5 Å². The Balaban J connectivity index is 0.00000180. The number of nitrogens with one attached hydrogen (secondary N) is 2. The number of hydrogen-bond acceptors (Lipinski definition) is 2. The fourth-order valence-corrected chi connectivity index (χ4v) is 1.72. The van der Waals surface area contributed by atoms with Gasteiger partial charge in [0.25, 0.3) is 0 Å². The van der Waals surface area contributed by atoms with Crippen LogP contribution in [0.1, 0.15) is 24.0 Å². The Hall–Kier alpha value is -1.29. The van der Waals surface area contributed by atoms with Crippen molar-refractivity contribution in [2.24, 2.45) is 10.9 Å². The molecule has 0 heterocycles. The Bertz CT molecular complexity index is 475. The number of nitriles is 1. The summed E-state index contributed by atoms with van der Waals surface area (Å²) in [6.07, 6.45) is 2.66. The molecular weight excluding hydrogens is 351 g/mol. The molecule has 0 amide bonds. The lowest BCUT2D eigenvalue weighted by Gasteiger charge is -2.11. The van der Waals surface area contributed by atoms with Crippen LogP contribution in [0.2, 0.25) is 0 Å². The maximum atomic E-state index is 8.83. The van der Waals surface area contributed by atoms with Crippen LogP contribution in [0, 0.1) is 17.2 Å². The van der Waals surface area contributed by atoms with Gasteiger partial charge in [-0.3, -0.25) is 4.99 Å². The molecule has 0 spiro atoms. The van der Waals surface area contributed by atoms with Crippen LogP contribution >= 0.6 is 24.0 Å². The zero-order valence-corrected chi connectivity index (χ0v) is 13.3. The average molecular weight is 370 g/mol. The molecule has 0 atom stereocenters. The number of halogens is 1. The smallest absolute Gasteiger partial charge is 0.191 e. The lowest BCUT2D eigenvalue weighted by Crippen LogP contribution is -2.37. The summed E-state index contributed by atoms with van der Waals surface area (Å²) < 4.78 is 0. The molecule has 4 nitrogen and oxygen atoms in total. The normalized spacial score (nSPS) is 14.2. The maximum absolute atomic E-state index is 8.83. The quantitative estimate of drug-likeness (QED) is 0.486. The molecule has 0 aliphatic heterocycles. The van der Waals surface area contributed by atoms with Crippen LogP contribution < -0.4 is 10.6 Å². The summed E-state index contributed by atoms with van der Waals surface area (Å²) in [6.45, 7) is 1.68. The zero-order valence-electron chi connectivity index (χ0n) is 11.0. The van der Waals surface area contributed by atoms with Gasteiger partial charge in [-0.15, -0.1) is 24.0 Å². The minimum atomic E-state index is 0. The zero-order chi connectivity index (χ0) is 12.8. The van der Waals surface area contributed by atoms with Crippen molar-refractivity contribution < 1.29 is 0 Å². The first-order valence-corrected chi connectivity index (χ1v) is 6.25. The van der Waals surface area contributed by atoms with Gasteiger partial charge in [0.05, 0.1) is 11.6 Å². The van der Waals surface area contributed by atoms with Crippen LogP contribution in [0.5, 0.6) is 0 Å². The Kier molecular flexibility index (Phi) is 6.64. The second-order valence-electron chi connectivity index (χ2n) is 4.56. The van der Waals surface area contributed by atoms with Gasteiger partial charge in [0, 0.05) is 20.1 Å². The topological polar surface area (TPSA) is 60.2 Å². The summed E-state index contributed by atoms with van der Waals surface area (Å²) in [6, 6.07) is 9.74. The molecule has 1 aromatic carbocycles. The highest BCUT2D eigenvalue weighted by atomic mass is 127. The van der Waals surface area contributed by atoms with Crippen molar-refractivity contribution in [1.82, 2.24) is 10.6 Å². The van der Waals surface area contributed by atoms with Crippen LogP contribution in [0.3, 0.4) is 0 Å². The third kappa shape index (κ3) is 5.47. The Morgan fingerprint density at radius 2 is 2.21 bits per heavy atom. The number of benzene rings is 1. The van der Waals surface area contributed by atoms with E-state index >= 15 is 0 Å². The standard InChI is InChI=1S/C14H18N4.HI/c1-16-14(17-9-11-5-6-11)18-10-13-4-2-3-12(7-13)8-15;/h2-4,7,11H,5-6,9-10H2,1H3,(H2,16,17,18);1H. The number of aliphatic imine (C=N–C) groups is 1. The molecule has 0 aromatic heterocycles. The first-order valence-electron chi connectivity index (χ1n) is 6.25. The van der Waals surface area contributed by atoms with Crippen LogP contribution in [0.25, 0.3) is 0 Å².